The summed E-state index contributed by atoms with van der Waals surface area (Å²) in [5.74, 6) is 0.806. The highest BCUT2D eigenvalue weighted by Gasteiger charge is 2.07. The van der Waals surface area contributed by atoms with Crippen LogP contribution in [-0.4, -0.2) is 16.0 Å². The molecule has 2 aromatic rings. The zero-order valence-electron chi connectivity index (χ0n) is 11.9. The molecule has 1 aromatic carbocycles. The average molecular weight is 274 g/mol. The zero-order chi connectivity index (χ0) is 14.5. The van der Waals surface area contributed by atoms with Crippen molar-refractivity contribution in [1.29, 1.82) is 0 Å². The SMILES string of the molecule is CCC(C)Nc1cc(C)nc(Nc2ccccc2F)n1. The molecule has 5 heteroatoms. The van der Waals surface area contributed by atoms with E-state index < -0.39 is 0 Å². The van der Waals surface area contributed by atoms with E-state index in [0.717, 1.165) is 17.9 Å². The van der Waals surface area contributed by atoms with Gasteiger partial charge in [0.1, 0.15) is 11.6 Å². The van der Waals surface area contributed by atoms with E-state index in [1.807, 2.05) is 13.0 Å². The van der Waals surface area contributed by atoms with Crippen molar-refractivity contribution in [3.05, 3.63) is 41.8 Å². The van der Waals surface area contributed by atoms with Gasteiger partial charge >= 0.3 is 0 Å². The number of aryl methyl sites for hydroxylation is 1. The highest BCUT2D eigenvalue weighted by Crippen LogP contribution is 2.19. The number of nitrogens with one attached hydrogen (secondary N) is 2. The number of rotatable bonds is 5. The van der Waals surface area contributed by atoms with Crippen LogP contribution in [0.3, 0.4) is 0 Å². The van der Waals surface area contributed by atoms with Crippen molar-refractivity contribution in [3.8, 4) is 0 Å². The van der Waals surface area contributed by atoms with Crippen LogP contribution in [-0.2, 0) is 0 Å². The summed E-state index contributed by atoms with van der Waals surface area (Å²) >= 11 is 0. The normalized spacial score (nSPS) is 12.0. The number of anilines is 3. The van der Waals surface area contributed by atoms with Gasteiger partial charge in [0.05, 0.1) is 5.69 Å². The summed E-state index contributed by atoms with van der Waals surface area (Å²) < 4.78 is 13.6. The lowest BCUT2D eigenvalue weighted by Gasteiger charge is -2.14. The fraction of sp³-hybridized carbons (Fsp3) is 0.333. The van der Waals surface area contributed by atoms with Crippen LogP contribution in [0.25, 0.3) is 0 Å². The molecule has 0 aliphatic rings. The van der Waals surface area contributed by atoms with E-state index in [9.17, 15) is 4.39 Å². The van der Waals surface area contributed by atoms with E-state index in [4.69, 9.17) is 0 Å². The quantitative estimate of drug-likeness (QED) is 0.868. The van der Waals surface area contributed by atoms with Crippen LogP contribution in [0, 0.1) is 12.7 Å². The number of hydrogen-bond donors (Lipinski definition) is 2. The van der Waals surface area contributed by atoms with Crippen LogP contribution >= 0.6 is 0 Å². The highest BCUT2D eigenvalue weighted by atomic mass is 19.1. The summed E-state index contributed by atoms with van der Waals surface area (Å²) in [6.45, 7) is 6.07. The third-order valence-electron chi connectivity index (χ3n) is 2.98. The zero-order valence-corrected chi connectivity index (χ0v) is 11.9. The van der Waals surface area contributed by atoms with Gasteiger partial charge in [0, 0.05) is 17.8 Å². The Morgan fingerprint density at radius 1 is 1.25 bits per heavy atom. The van der Waals surface area contributed by atoms with Crippen LogP contribution < -0.4 is 10.6 Å². The largest absolute Gasteiger partial charge is 0.367 e. The van der Waals surface area contributed by atoms with Crippen LogP contribution in [0.2, 0.25) is 0 Å². The maximum atomic E-state index is 13.6. The van der Waals surface area contributed by atoms with Gasteiger partial charge in [0.15, 0.2) is 0 Å². The topological polar surface area (TPSA) is 49.8 Å². The molecule has 1 unspecified atom stereocenters. The van der Waals surface area contributed by atoms with Crippen molar-refractivity contribution >= 4 is 17.5 Å². The molecule has 1 atom stereocenters. The van der Waals surface area contributed by atoms with Gasteiger partial charge in [-0.2, -0.15) is 4.98 Å². The first-order valence-corrected chi connectivity index (χ1v) is 6.72. The van der Waals surface area contributed by atoms with Crippen molar-refractivity contribution < 1.29 is 4.39 Å². The van der Waals surface area contributed by atoms with E-state index >= 15 is 0 Å². The first kappa shape index (κ1) is 14.2. The first-order chi connectivity index (χ1) is 9.58. The van der Waals surface area contributed by atoms with Crippen LogP contribution in [0.1, 0.15) is 26.0 Å². The van der Waals surface area contributed by atoms with Crippen molar-refractivity contribution in [3.63, 3.8) is 0 Å². The molecule has 2 rings (SSSR count). The summed E-state index contributed by atoms with van der Waals surface area (Å²) in [6.07, 6.45) is 0.999. The van der Waals surface area contributed by atoms with Crippen molar-refractivity contribution in [1.82, 2.24) is 9.97 Å². The van der Waals surface area contributed by atoms with Gasteiger partial charge < -0.3 is 10.6 Å². The molecular formula is C15H19FN4. The second-order valence-electron chi connectivity index (χ2n) is 4.78. The van der Waals surface area contributed by atoms with E-state index in [-0.39, 0.29) is 5.82 Å². The molecule has 0 spiro atoms. The Morgan fingerprint density at radius 3 is 2.70 bits per heavy atom. The Bertz CT molecular complexity index is 586. The molecule has 1 heterocycles. The minimum atomic E-state index is -0.325. The molecule has 1 aromatic heterocycles. The standard InChI is InChI=1S/C15H19FN4/c1-4-10(2)17-14-9-11(3)18-15(20-14)19-13-8-6-5-7-12(13)16/h5-10H,4H2,1-3H3,(H2,17,18,19,20). The van der Waals surface area contributed by atoms with Gasteiger partial charge in [-0.3, -0.25) is 0 Å². The molecule has 2 N–H and O–H groups in total. The second-order valence-corrected chi connectivity index (χ2v) is 4.78. The molecule has 0 saturated heterocycles. The molecule has 0 amide bonds. The Labute approximate surface area is 118 Å². The minimum Gasteiger partial charge on any atom is -0.367 e. The molecule has 0 aliphatic carbocycles. The molecule has 4 nitrogen and oxygen atoms in total. The van der Waals surface area contributed by atoms with Crippen molar-refractivity contribution in [2.75, 3.05) is 10.6 Å². The molecule has 20 heavy (non-hydrogen) atoms. The molecule has 0 radical (unpaired) electrons. The Kier molecular flexibility index (Phi) is 4.50. The van der Waals surface area contributed by atoms with Gasteiger partial charge in [-0.05, 0) is 32.4 Å². The summed E-state index contributed by atoms with van der Waals surface area (Å²) in [7, 11) is 0. The van der Waals surface area contributed by atoms with E-state index in [1.165, 1.54) is 6.07 Å². The summed E-state index contributed by atoms with van der Waals surface area (Å²) in [5.41, 5.74) is 1.19. The number of para-hydroxylation sites is 1. The molecule has 0 saturated carbocycles. The predicted octanol–water partition coefficient (Wildman–Crippen LogP) is 3.88. The summed E-state index contributed by atoms with van der Waals surface area (Å²) in [4.78, 5) is 8.63. The molecule has 0 aliphatic heterocycles. The van der Waals surface area contributed by atoms with Gasteiger partial charge in [0.2, 0.25) is 5.95 Å². The number of nitrogens with zero attached hydrogens (tertiary/aromatic N) is 2. The van der Waals surface area contributed by atoms with Crippen molar-refractivity contribution in [2.24, 2.45) is 0 Å². The summed E-state index contributed by atoms with van der Waals surface area (Å²) in [5, 5.41) is 6.20. The van der Waals surface area contributed by atoms with E-state index in [1.54, 1.807) is 18.2 Å². The fourth-order valence-electron chi connectivity index (χ4n) is 1.74. The predicted molar refractivity (Wildman–Crippen MR) is 79.8 cm³/mol. The summed E-state index contributed by atoms with van der Waals surface area (Å²) in [6, 6.07) is 8.66. The lowest BCUT2D eigenvalue weighted by molar-refractivity contribution is 0.631. The third-order valence-corrected chi connectivity index (χ3v) is 2.98. The van der Waals surface area contributed by atoms with Gasteiger partial charge in [-0.1, -0.05) is 19.1 Å². The average Bonchev–Trinajstić information content (AvgIpc) is 2.40. The lowest BCUT2D eigenvalue weighted by Crippen LogP contribution is -2.15. The third kappa shape index (κ3) is 3.66. The smallest absolute Gasteiger partial charge is 0.229 e. The van der Waals surface area contributed by atoms with E-state index in [2.05, 4.69) is 34.4 Å². The second kappa shape index (κ2) is 6.32. The van der Waals surface area contributed by atoms with E-state index in [0.29, 0.717) is 17.7 Å². The molecule has 106 valence electrons. The number of hydrogen-bond acceptors (Lipinski definition) is 4. The Morgan fingerprint density at radius 2 is 2.00 bits per heavy atom. The van der Waals surface area contributed by atoms with Gasteiger partial charge in [0.25, 0.3) is 0 Å². The number of benzene rings is 1. The molecule has 0 bridgehead atoms. The van der Waals surface area contributed by atoms with Crippen LogP contribution in [0.15, 0.2) is 30.3 Å². The fourth-order valence-corrected chi connectivity index (χ4v) is 1.74. The molecular weight excluding hydrogens is 255 g/mol. The van der Waals surface area contributed by atoms with Gasteiger partial charge in [-0.25, -0.2) is 9.37 Å². The van der Waals surface area contributed by atoms with Crippen LogP contribution in [0.5, 0.6) is 0 Å². The number of halogens is 1. The minimum absolute atomic E-state index is 0.325. The van der Waals surface area contributed by atoms with Gasteiger partial charge in [-0.15, -0.1) is 0 Å². The van der Waals surface area contributed by atoms with Crippen LogP contribution in [0.4, 0.5) is 21.8 Å². The van der Waals surface area contributed by atoms with Crippen molar-refractivity contribution in [2.45, 2.75) is 33.2 Å². The first-order valence-electron chi connectivity index (χ1n) is 6.72. The maximum Gasteiger partial charge on any atom is 0.229 e. The Hall–Kier alpha value is -2.17. The molecule has 0 fully saturated rings. The Balaban J connectivity index is 2.22. The number of aromatic nitrogens is 2. The highest BCUT2D eigenvalue weighted by molar-refractivity contribution is 5.55. The monoisotopic (exact) mass is 274 g/mol. The maximum absolute atomic E-state index is 13.6. The lowest BCUT2D eigenvalue weighted by atomic mass is 10.2.